The molecule has 3 saturated carbocycles. The zero-order valence-electron chi connectivity index (χ0n) is 21.0. The molecule has 32 heavy (non-hydrogen) atoms. The van der Waals surface area contributed by atoms with Gasteiger partial charge in [0.05, 0.1) is 5.92 Å². The van der Waals surface area contributed by atoms with Gasteiger partial charge in [0.25, 0.3) is 0 Å². The van der Waals surface area contributed by atoms with E-state index < -0.39 is 0 Å². The Bertz CT molecular complexity index is 461. The Morgan fingerprint density at radius 3 is 1.84 bits per heavy atom. The quantitative estimate of drug-likeness (QED) is 0.329. The SMILES string of the molecule is CCCCCC1CCC(C2CCC(C(=O)OC(CC)C3CCCCC3)CC2)CC1.O.O.O. The van der Waals surface area contributed by atoms with Crippen LogP contribution in [0, 0.1) is 29.6 Å². The first-order chi connectivity index (χ1) is 14.2. The van der Waals surface area contributed by atoms with E-state index in [1.54, 1.807) is 0 Å². The molecule has 0 aliphatic heterocycles. The third-order valence-electron chi connectivity index (χ3n) is 8.72. The highest BCUT2D eigenvalue weighted by Gasteiger charge is 2.35. The van der Waals surface area contributed by atoms with Crippen LogP contribution >= 0.6 is 0 Å². The molecule has 1 unspecified atom stereocenters. The Balaban J connectivity index is 0.00000320. The summed E-state index contributed by atoms with van der Waals surface area (Å²) in [6.45, 7) is 4.50. The molecule has 6 N–H and O–H groups in total. The minimum atomic E-state index is 0. The maximum Gasteiger partial charge on any atom is 0.309 e. The second-order valence-corrected chi connectivity index (χ2v) is 10.7. The molecule has 0 aromatic rings. The Hall–Kier alpha value is -0.650. The first-order valence-electron chi connectivity index (χ1n) is 13.4. The minimum absolute atomic E-state index is 0. The molecule has 3 aliphatic carbocycles. The molecule has 3 aliphatic rings. The van der Waals surface area contributed by atoms with Gasteiger partial charge in [0.1, 0.15) is 6.10 Å². The van der Waals surface area contributed by atoms with Crippen LogP contribution in [-0.2, 0) is 9.53 Å². The summed E-state index contributed by atoms with van der Waals surface area (Å²) in [6, 6.07) is 0. The van der Waals surface area contributed by atoms with Crippen molar-refractivity contribution >= 4 is 5.97 Å². The monoisotopic (exact) mass is 458 g/mol. The predicted molar refractivity (Wildman–Crippen MR) is 133 cm³/mol. The van der Waals surface area contributed by atoms with Gasteiger partial charge in [-0.15, -0.1) is 0 Å². The van der Waals surface area contributed by atoms with Crippen LogP contribution in [0.1, 0.15) is 129 Å². The molecule has 0 bridgehead atoms. The fourth-order valence-corrected chi connectivity index (χ4v) is 6.72. The van der Waals surface area contributed by atoms with Crippen molar-refractivity contribution < 1.29 is 26.0 Å². The molecule has 0 spiro atoms. The highest BCUT2D eigenvalue weighted by Crippen LogP contribution is 2.43. The second kappa shape index (κ2) is 16.9. The van der Waals surface area contributed by atoms with E-state index >= 15 is 0 Å². The van der Waals surface area contributed by atoms with Gasteiger partial charge in [0, 0.05) is 0 Å². The van der Waals surface area contributed by atoms with Gasteiger partial charge in [-0.25, -0.2) is 0 Å². The summed E-state index contributed by atoms with van der Waals surface area (Å²) in [5, 5.41) is 0. The average Bonchev–Trinajstić information content (AvgIpc) is 2.78. The number of unbranched alkanes of at least 4 members (excludes halogenated alkanes) is 2. The van der Waals surface area contributed by atoms with Crippen molar-refractivity contribution in [3.05, 3.63) is 0 Å². The lowest BCUT2D eigenvalue weighted by molar-refractivity contribution is -0.159. The lowest BCUT2D eigenvalue weighted by atomic mass is 9.68. The van der Waals surface area contributed by atoms with Gasteiger partial charge in [0.15, 0.2) is 0 Å². The topological polar surface area (TPSA) is 121 Å². The molecule has 192 valence electrons. The molecule has 5 nitrogen and oxygen atoms in total. The van der Waals surface area contributed by atoms with E-state index in [1.165, 1.54) is 96.3 Å². The molecule has 5 heteroatoms. The van der Waals surface area contributed by atoms with Gasteiger partial charge in [-0.05, 0) is 81.5 Å². The van der Waals surface area contributed by atoms with Crippen LogP contribution in [0.15, 0.2) is 0 Å². The van der Waals surface area contributed by atoms with Gasteiger partial charge in [-0.3, -0.25) is 4.79 Å². The van der Waals surface area contributed by atoms with Crippen molar-refractivity contribution in [2.75, 3.05) is 0 Å². The van der Waals surface area contributed by atoms with Crippen LogP contribution in [0.5, 0.6) is 0 Å². The third kappa shape index (κ3) is 9.30. The normalized spacial score (nSPS) is 29.6. The van der Waals surface area contributed by atoms with Gasteiger partial charge < -0.3 is 21.2 Å². The Morgan fingerprint density at radius 1 is 0.750 bits per heavy atom. The number of rotatable bonds is 9. The molecule has 3 fully saturated rings. The average molecular weight is 459 g/mol. The first kappa shape index (κ1) is 31.4. The number of carbonyl (C=O) groups is 1. The van der Waals surface area contributed by atoms with Crippen molar-refractivity contribution in [1.82, 2.24) is 0 Å². The molecule has 0 aromatic carbocycles. The summed E-state index contributed by atoms with van der Waals surface area (Å²) in [5.41, 5.74) is 0. The first-order valence-corrected chi connectivity index (χ1v) is 13.4. The summed E-state index contributed by atoms with van der Waals surface area (Å²) in [4.78, 5) is 12.8. The summed E-state index contributed by atoms with van der Waals surface area (Å²) in [7, 11) is 0. The molecular formula is C27H54O5. The van der Waals surface area contributed by atoms with Gasteiger partial charge in [0.2, 0.25) is 0 Å². The van der Waals surface area contributed by atoms with E-state index in [0.29, 0.717) is 5.92 Å². The van der Waals surface area contributed by atoms with Crippen molar-refractivity contribution in [2.24, 2.45) is 29.6 Å². The number of hydrogen-bond donors (Lipinski definition) is 0. The third-order valence-corrected chi connectivity index (χ3v) is 8.72. The number of ether oxygens (including phenoxy) is 1. The molecule has 0 aromatic heterocycles. The van der Waals surface area contributed by atoms with E-state index in [9.17, 15) is 4.79 Å². The zero-order chi connectivity index (χ0) is 20.5. The fourth-order valence-electron chi connectivity index (χ4n) is 6.72. The van der Waals surface area contributed by atoms with Crippen molar-refractivity contribution in [3.63, 3.8) is 0 Å². The van der Waals surface area contributed by atoms with Crippen LogP contribution in [0.2, 0.25) is 0 Å². The molecular weight excluding hydrogens is 404 g/mol. The van der Waals surface area contributed by atoms with Crippen LogP contribution in [-0.4, -0.2) is 28.5 Å². The van der Waals surface area contributed by atoms with E-state index in [1.807, 2.05) is 0 Å². The highest BCUT2D eigenvalue weighted by molar-refractivity contribution is 5.72. The zero-order valence-corrected chi connectivity index (χ0v) is 21.0. The summed E-state index contributed by atoms with van der Waals surface area (Å²) < 4.78 is 6.08. The predicted octanol–water partition coefficient (Wildman–Crippen LogP) is 5.61. The fraction of sp³-hybridized carbons (Fsp3) is 0.963. The Labute approximate surface area is 197 Å². The van der Waals surface area contributed by atoms with Gasteiger partial charge in [-0.1, -0.05) is 71.6 Å². The van der Waals surface area contributed by atoms with Gasteiger partial charge in [-0.2, -0.15) is 0 Å². The van der Waals surface area contributed by atoms with Crippen LogP contribution in [0.25, 0.3) is 0 Å². The number of carbonyl (C=O) groups excluding carboxylic acids is 1. The molecule has 0 heterocycles. The molecule has 1 atom stereocenters. The van der Waals surface area contributed by atoms with Crippen molar-refractivity contribution in [3.8, 4) is 0 Å². The smallest absolute Gasteiger partial charge is 0.309 e. The molecule has 3 rings (SSSR count). The van der Waals surface area contributed by atoms with Crippen LogP contribution in [0.4, 0.5) is 0 Å². The van der Waals surface area contributed by atoms with Crippen LogP contribution in [0.3, 0.4) is 0 Å². The van der Waals surface area contributed by atoms with E-state index in [0.717, 1.165) is 37.0 Å². The van der Waals surface area contributed by atoms with E-state index in [2.05, 4.69) is 13.8 Å². The number of hydrogen-bond acceptors (Lipinski definition) is 2. The van der Waals surface area contributed by atoms with Crippen molar-refractivity contribution in [1.29, 1.82) is 0 Å². The van der Waals surface area contributed by atoms with E-state index in [4.69, 9.17) is 4.74 Å². The van der Waals surface area contributed by atoms with Crippen molar-refractivity contribution in [2.45, 2.75) is 136 Å². The van der Waals surface area contributed by atoms with Crippen LogP contribution < -0.4 is 0 Å². The molecule has 0 amide bonds. The molecule has 0 saturated heterocycles. The highest BCUT2D eigenvalue weighted by atomic mass is 16.5. The lowest BCUT2D eigenvalue weighted by Gasteiger charge is -2.38. The Morgan fingerprint density at radius 2 is 1.31 bits per heavy atom. The minimum Gasteiger partial charge on any atom is -0.462 e. The largest absolute Gasteiger partial charge is 0.462 e. The standard InChI is InChI=1S/C27H48O2.3H2O/c1-3-5-7-10-21-13-15-22(16-14-21)23-17-19-25(20-18-23)27(28)29-26(4-2)24-11-8-6-9-12-24;;;/h21-26H,3-20H2,1-2H3;3*1H2. The maximum absolute atomic E-state index is 12.8. The summed E-state index contributed by atoms with van der Waals surface area (Å²) >= 11 is 0. The molecule has 0 radical (unpaired) electrons. The second-order valence-electron chi connectivity index (χ2n) is 10.7. The Kier molecular flexibility index (Phi) is 16.5. The summed E-state index contributed by atoms with van der Waals surface area (Å²) in [6.07, 6.45) is 23.9. The van der Waals surface area contributed by atoms with Gasteiger partial charge >= 0.3 is 5.97 Å². The maximum atomic E-state index is 12.8. The number of esters is 1. The lowest BCUT2D eigenvalue weighted by Crippen LogP contribution is -2.33. The summed E-state index contributed by atoms with van der Waals surface area (Å²) in [5.74, 6) is 3.79. The van der Waals surface area contributed by atoms with E-state index in [-0.39, 0.29) is 34.4 Å².